The molecule has 92 valence electrons. The maximum absolute atomic E-state index is 11.7. The molecule has 0 bridgehead atoms. The summed E-state index contributed by atoms with van der Waals surface area (Å²) in [6.07, 6.45) is 2.78. The largest absolute Gasteiger partial charge is 0.508 e. The van der Waals surface area contributed by atoms with Crippen molar-refractivity contribution in [2.75, 3.05) is 0 Å². The third-order valence-electron chi connectivity index (χ3n) is 2.24. The van der Waals surface area contributed by atoms with Gasteiger partial charge >= 0.3 is 0 Å². The molecule has 2 N–H and O–H groups in total. The fourth-order valence-corrected chi connectivity index (χ4v) is 2.33. The number of carbonyl (C=O) groups excluding carboxylic acids is 1. The summed E-state index contributed by atoms with van der Waals surface area (Å²) in [6, 6.07) is 7.40. The van der Waals surface area contributed by atoms with Crippen LogP contribution in [0.5, 0.6) is 11.5 Å². The van der Waals surface area contributed by atoms with Crippen LogP contribution in [0.3, 0.4) is 0 Å². The summed E-state index contributed by atoms with van der Waals surface area (Å²) in [5, 5.41) is 18.8. The van der Waals surface area contributed by atoms with E-state index >= 15 is 0 Å². The Morgan fingerprint density at radius 1 is 1.22 bits per heavy atom. The van der Waals surface area contributed by atoms with Crippen molar-refractivity contribution in [3.63, 3.8) is 0 Å². The average molecular weight is 281 g/mol. The summed E-state index contributed by atoms with van der Waals surface area (Å²) in [4.78, 5) is 12.3. The minimum Gasteiger partial charge on any atom is -0.508 e. The van der Waals surface area contributed by atoms with Gasteiger partial charge in [-0.1, -0.05) is 11.6 Å². The van der Waals surface area contributed by atoms with Crippen LogP contribution in [-0.4, -0.2) is 16.0 Å². The maximum atomic E-state index is 11.7. The van der Waals surface area contributed by atoms with Crippen LogP contribution in [0.25, 0.3) is 6.08 Å². The lowest BCUT2D eigenvalue weighted by atomic mass is 10.1. The lowest BCUT2D eigenvalue weighted by molar-refractivity contribution is 0.105. The van der Waals surface area contributed by atoms with Gasteiger partial charge in [-0.05, 0) is 42.5 Å². The van der Waals surface area contributed by atoms with Crippen molar-refractivity contribution in [3.8, 4) is 11.5 Å². The van der Waals surface area contributed by atoms with Crippen molar-refractivity contribution < 1.29 is 15.0 Å². The normalized spacial score (nSPS) is 10.9. The zero-order chi connectivity index (χ0) is 13.1. The Kier molecular flexibility index (Phi) is 3.69. The monoisotopic (exact) mass is 280 g/mol. The maximum Gasteiger partial charge on any atom is 0.195 e. The molecule has 0 aliphatic heterocycles. The van der Waals surface area contributed by atoms with Crippen LogP contribution in [-0.2, 0) is 0 Å². The van der Waals surface area contributed by atoms with Crippen molar-refractivity contribution in [1.29, 1.82) is 0 Å². The van der Waals surface area contributed by atoms with Crippen LogP contribution >= 0.6 is 22.9 Å². The number of thiophene rings is 1. The fourth-order valence-electron chi connectivity index (χ4n) is 1.37. The zero-order valence-corrected chi connectivity index (χ0v) is 10.7. The van der Waals surface area contributed by atoms with E-state index in [0.29, 0.717) is 14.8 Å². The van der Waals surface area contributed by atoms with Crippen LogP contribution in [0.2, 0.25) is 4.34 Å². The highest BCUT2D eigenvalue weighted by Gasteiger charge is 2.05. The van der Waals surface area contributed by atoms with Gasteiger partial charge in [0.2, 0.25) is 0 Å². The number of phenols is 2. The molecule has 18 heavy (non-hydrogen) atoms. The van der Waals surface area contributed by atoms with Gasteiger partial charge in [0.05, 0.1) is 9.21 Å². The van der Waals surface area contributed by atoms with Gasteiger partial charge in [-0.15, -0.1) is 11.3 Å². The SMILES string of the molecule is O=C(/C=C/c1cc(O)ccc1O)c1ccc(Cl)s1. The molecule has 0 saturated carbocycles. The van der Waals surface area contributed by atoms with Crippen LogP contribution in [0.15, 0.2) is 36.4 Å². The molecular formula is C13H9ClO3S. The summed E-state index contributed by atoms with van der Waals surface area (Å²) in [5.41, 5.74) is 0.381. The van der Waals surface area contributed by atoms with E-state index in [4.69, 9.17) is 11.6 Å². The number of benzene rings is 1. The van der Waals surface area contributed by atoms with Crippen LogP contribution in [0.4, 0.5) is 0 Å². The minimum atomic E-state index is -0.199. The fraction of sp³-hybridized carbons (Fsp3) is 0. The number of carbonyl (C=O) groups is 1. The Bertz CT molecular complexity index is 616. The average Bonchev–Trinajstić information content (AvgIpc) is 2.77. The van der Waals surface area contributed by atoms with Crippen LogP contribution in [0.1, 0.15) is 15.2 Å². The third kappa shape index (κ3) is 2.91. The first-order chi connectivity index (χ1) is 8.56. The second kappa shape index (κ2) is 5.25. The first-order valence-electron chi connectivity index (χ1n) is 5.06. The van der Waals surface area contributed by atoms with E-state index in [1.807, 2.05) is 0 Å². The zero-order valence-electron chi connectivity index (χ0n) is 9.13. The predicted octanol–water partition coefficient (Wildman–Crippen LogP) is 3.71. The molecule has 2 aromatic rings. The molecule has 0 aliphatic rings. The molecule has 0 amide bonds. The first kappa shape index (κ1) is 12.7. The van der Waals surface area contributed by atoms with E-state index in [-0.39, 0.29) is 17.3 Å². The number of hydrogen-bond donors (Lipinski definition) is 2. The molecule has 1 aromatic heterocycles. The van der Waals surface area contributed by atoms with Gasteiger partial charge < -0.3 is 10.2 Å². The summed E-state index contributed by atoms with van der Waals surface area (Å²) in [5.74, 6) is -0.172. The third-order valence-corrected chi connectivity index (χ3v) is 3.49. The van der Waals surface area contributed by atoms with Gasteiger partial charge in [0, 0.05) is 5.56 Å². The molecule has 5 heteroatoms. The molecule has 0 atom stereocenters. The van der Waals surface area contributed by atoms with Gasteiger partial charge in [0.25, 0.3) is 0 Å². The predicted molar refractivity (Wildman–Crippen MR) is 72.5 cm³/mol. The molecule has 0 spiro atoms. The Balaban J connectivity index is 2.20. The highest BCUT2D eigenvalue weighted by atomic mass is 35.5. The Morgan fingerprint density at radius 2 is 2.00 bits per heavy atom. The highest BCUT2D eigenvalue weighted by molar-refractivity contribution is 7.18. The summed E-state index contributed by atoms with van der Waals surface area (Å²) in [7, 11) is 0. The Labute approximate surface area is 113 Å². The standard InChI is InChI=1S/C13H9ClO3S/c14-13-6-5-12(18-13)11(17)3-1-8-7-9(15)2-4-10(8)16/h1-7,15-16H/b3-1+. The van der Waals surface area contributed by atoms with Gasteiger partial charge in [0.15, 0.2) is 5.78 Å². The first-order valence-corrected chi connectivity index (χ1v) is 6.25. The molecule has 1 heterocycles. The molecule has 0 unspecified atom stereocenters. The number of aromatic hydroxyl groups is 2. The van der Waals surface area contributed by atoms with Crippen molar-refractivity contribution in [2.24, 2.45) is 0 Å². The van der Waals surface area contributed by atoms with Crippen molar-refractivity contribution in [2.45, 2.75) is 0 Å². The van der Waals surface area contributed by atoms with E-state index in [1.54, 1.807) is 12.1 Å². The molecule has 2 rings (SSSR count). The molecule has 0 aliphatic carbocycles. The number of allylic oxidation sites excluding steroid dienone is 1. The smallest absolute Gasteiger partial charge is 0.195 e. The van der Waals surface area contributed by atoms with E-state index in [9.17, 15) is 15.0 Å². The van der Waals surface area contributed by atoms with Crippen LogP contribution < -0.4 is 0 Å². The molecule has 0 fully saturated rings. The van der Waals surface area contributed by atoms with Gasteiger partial charge in [-0.3, -0.25) is 4.79 Å². The molecule has 3 nitrogen and oxygen atoms in total. The molecular weight excluding hydrogens is 272 g/mol. The Morgan fingerprint density at radius 3 is 2.67 bits per heavy atom. The molecule has 0 saturated heterocycles. The highest BCUT2D eigenvalue weighted by Crippen LogP contribution is 2.25. The molecule has 1 aromatic carbocycles. The van der Waals surface area contributed by atoms with Crippen molar-refractivity contribution in [3.05, 3.63) is 51.2 Å². The van der Waals surface area contributed by atoms with Crippen LogP contribution in [0, 0.1) is 0 Å². The summed E-state index contributed by atoms with van der Waals surface area (Å²) in [6.45, 7) is 0. The number of halogens is 1. The van der Waals surface area contributed by atoms with Gasteiger partial charge in [-0.2, -0.15) is 0 Å². The summed E-state index contributed by atoms with van der Waals surface area (Å²) < 4.78 is 0.548. The topological polar surface area (TPSA) is 57.5 Å². The minimum absolute atomic E-state index is 0.000983. The second-order valence-electron chi connectivity index (χ2n) is 3.54. The van der Waals surface area contributed by atoms with E-state index in [2.05, 4.69) is 0 Å². The quantitative estimate of drug-likeness (QED) is 0.512. The van der Waals surface area contributed by atoms with E-state index in [1.165, 1.54) is 41.7 Å². The number of hydrogen-bond acceptors (Lipinski definition) is 4. The van der Waals surface area contributed by atoms with Gasteiger partial charge in [-0.25, -0.2) is 0 Å². The molecule has 0 radical (unpaired) electrons. The number of ketones is 1. The lowest BCUT2D eigenvalue weighted by Crippen LogP contribution is -1.88. The second-order valence-corrected chi connectivity index (χ2v) is 5.26. The van der Waals surface area contributed by atoms with Gasteiger partial charge in [0.1, 0.15) is 11.5 Å². The van der Waals surface area contributed by atoms with Crippen molar-refractivity contribution >= 4 is 34.8 Å². The van der Waals surface area contributed by atoms with E-state index in [0.717, 1.165) is 0 Å². The lowest BCUT2D eigenvalue weighted by Gasteiger charge is -1.99. The van der Waals surface area contributed by atoms with Crippen molar-refractivity contribution in [1.82, 2.24) is 0 Å². The number of rotatable bonds is 3. The Hall–Kier alpha value is -1.78. The van der Waals surface area contributed by atoms with E-state index < -0.39 is 0 Å². The number of phenolic OH excluding ortho intramolecular Hbond substituents is 2. The summed E-state index contributed by atoms with van der Waals surface area (Å²) >= 11 is 6.93.